The second-order valence-electron chi connectivity index (χ2n) is 5.06. The summed E-state index contributed by atoms with van der Waals surface area (Å²) in [5.41, 5.74) is 2.16. The summed E-state index contributed by atoms with van der Waals surface area (Å²) >= 11 is 1.68. The van der Waals surface area contributed by atoms with E-state index in [9.17, 15) is 8.42 Å². The van der Waals surface area contributed by atoms with Crippen molar-refractivity contribution >= 4 is 31.4 Å². The van der Waals surface area contributed by atoms with Gasteiger partial charge in [-0.1, -0.05) is 13.8 Å². The molecule has 0 spiro atoms. The van der Waals surface area contributed by atoms with Gasteiger partial charge in [0.15, 0.2) is 0 Å². The van der Waals surface area contributed by atoms with Gasteiger partial charge in [0.2, 0.25) is 0 Å². The van der Waals surface area contributed by atoms with E-state index in [-0.39, 0.29) is 17.5 Å². The number of thiophene rings is 1. The lowest BCUT2D eigenvalue weighted by atomic mass is 10.0. The maximum atomic E-state index is 11.6. The Bertz CT molecular complexity index is 680. The summed E-state index contributed by atoms with van der Waals surface area (Å²) in [6.45, 7) is 4.62. The number of sulfone groups is 1. The quantitative estimate of drug-likeness (QED) is 0.809. The van der Waals surface area contributed by atoms with Crippen LogP contribution in [0.25, 0.3) is 10.2 Å². The Kier molecular flexibility index (Phi) is 5.72. The third kappa shape index (κ3) is 4.49. The Morgan fingerprint density at radius 2 is 2.19 bits per heavy atom. The summed E-state index contributed by atoms with van der Waals surface area (Å²) in [5, 5.41) is 5.47. The van der Waals surface area contributed by atoms with Crippen LogP contribution in [0, 0.1) is 0 Å². The third-order valence-corrected chi connectivity index (χ3v) is 6.21. The first-order valence-corrected chi connectivity index (χ1v) is 10.0. The Hall–Kier alpha value is -0.980. The molecule has 6 heteroatoms. The molecule has 0 aliphatic carbocycles. The second kappa shape index (κ2) is 7.33. The topological polar surface area (TPSA) is 59.1 Å². The monoisotopic (exact) mass is 326 g/mol. The first-order valence-electron chi connectivity index (χ1n) is 7.32. The van der Waals surface area contributed by atoms with Crippen molar-refractivity contribution in [3.05, 3.63) is 29.3 Å². The average molecular weight is 326 g/mol. The smallest absolute Gasteiger partial charge is 0.150 e. The number of nitrogens with one attached hydrogen (secondary N) is 1. The first kappa shape index (κ1) is 16.4. The van der Waals surface area contributed by atoms with E-state index in [4.69, 9.17) is 0 Å². The zero-order valence-electron chi connectivity index (χ0n) is 12.5. The molecule has 2 aromatic rings. The van der Waals surface area contributed by atoms with Gasteiger partial charge < -0.3 is 5.32 Å². The van der Waals surface area contributed by atoms with E-state index in [0.29, 0.717) is 6.42 Å². The lowest BCUT2D eigenvalue weighted by Crippen LogP contribution is -2.22. The summed E-state index contributed by atoms with van der Waals surface area (Å²) < 4.78 is 24.3. The van der Waals surface area contributed by atoms with Crippen LogP contribution in [0.3, 0.4) is 0 Å². The standard InChI is InChI=1S/C15H22N2O2S2/c1-3-16-13(6-5-9-21(18,19)4-2)12-10-15-14(17-11-12)7-8-20-15/h7-8,10-11,13,16H,3-6,9H2,1-2H3. The molecule has 0 aliphatic heterocycles. The molecule has 116 valence electrons. The second-order valence-corrected chi connectivity index (χ2v) is 8.48. The number of hydrogen-bond acceptors (Lipinski definition) is 5. The maximum Gasteiger partial charge on any atom is 0.150 e. The number of rotatable bonds is 8. The van der Waals surface area contributed by atoms with Crippen LogP contribution in [-0.4, -0.2) is 31.5 Å². The highest BCUT2D eigenvalue weighted by Crippen LogP contribution is 2.25. The molecular formula is C15H22N2O2S2. The van der Waals surface area contributed by atoms with Gasteiger partial charge in [-0.2, -0.15) is 0 Å². The van der Waals surface area contributed by atoms with Crippen LogP contribution < -0.4 is 5.32 Å². The molecule has 1 N–H and O–H groups in total. The van der Waals surface area contributed by atoms with Crippen molar-refractivity contribution in [3.8, 4) is 0 Å². The molecule has 1 unspecified atom stereocenters. The van der Waals surface area contributed by atoms with Crippen molar-refractivity contribution in [1.29, 1.82) is 0 Å². The summed E-state index contributed by atoms with van der Waals surface area (Å²) in [5.74, 6) is 0.488. The zero-order chi connectivity index (χ0) is 15.3. The van der Waals surface area contributed by atoms with Crippen molar-refractivity contribution in [2.45, 2.75) is 32.7 Å². The van der Waals surface area contributed by atoms with Gasteiger partial charge in [-0.25, -0.2) is 8.42 Å². The molecule has 0 radical (unpaired) electrons. The van der Waals surface area contributed by atoms with E-state index in [2.05, 4.69) is 23.3 Å². The highest BCUT2D eigenvalue weighted by molar-refractivity contribution is 7.91. The van der Waals surface area contributed by atoms with E-state index in [1.54, 1.807) is 18.3 Å². The number of nitrogens with zero attached hydrogens (tertiary/aromatic N) is 1. The fourth-order valence-corrected chi connectivity index (χ4v) is 4.02. The fourth-order valence-electron chi connectivity index (χ4n) is 2.34. The van der Waals surface area contributed by atoms with E-state index >= 15 is 0 Å². The maximum absolute atomic E-state index is 11.6. The van der Waals surface area contributed by atoms with Crippen LogP contribution in [0.5, 0.6) is 0 Å². The van der Waals surface area contributed by atoms with Crippen molar-refractivity contribution < 1.29 is 8.42 Å². The van der Waals surface area contributed by atoms with Gasteiger partial charge in [-0.15, -0.1) is 11.3 Å². The van der Waals surface area contributed by atoms with Crippen molar-refractivity contribution in [1.82, 2.24) is 10.3 Å². The number of hydrogen-bond donors (Lipinski definition) is 1. The first-order chi connectivity index (χ1) is 10.1. The molecular weight excluding hydrogens is 304 g/mol. The normalized spacial score (nSPS) is 13.6. The number of fused-ring (bicyclic) bond motifs is 1. The van der Waals surface area contributed by atoms with Gasteiger partial charge in [-0.3, -0.25) is 4.98 Å². The van der Waals surface area contributed by atoms with Gasteiger partial charge in [0, 0.05) is 18.0 Å². The van der Waals surface area contributed by atoms with Crippen LogP contribution in [0.2, 0.25) is 0 Å². The summed E-state index contributed by atoms with van der Waals surface area (Å²) in [7, 11) is -2.88. The molecule has 0 aliphatic rings. The highest BCUT2D eigenvalue weighted by atomic mass is 32.2. The Labute approximate surface area is 130 Å². The molecule has 0 saturated carbocycles. The predicted octanol–water partition coefficient (Wildman–Crippen LogP) is 3.16. The molecule has 4 nitrogen and oxygen atoms in total. The molecule has 0 amide bonds. The van der Waals surface area contributed by atoms with Crippen LogP contribution in [0.4, 0.5) is 0 Å². The molecule has 0 fully saturated rings. The lowest BCUT2D eigenvalue weighted by molar-refractivity contribution is 0.506. The Morgan fingerprint density at radius 3 is 2.90 bits per heavy atom. The fraction of sp³-hybridized carbons (Fsp3) is 0.533. The lowest BCUT2D eigenvalue weighted by Gasteiger charge is -2.18. The van der Waals surface area contributed by atoms with Crippen LogP contribution in [-0.2, 0) is 9.84 Å². The molecule has 21 heavy (non-hydrogen) atoms. The molecule has 0 saturated heterocycles. The van der Waals surface area contributed by atoms with Gasteiger partial charge in [0.25, 0.3) is 0 Å². The van der Waals surface area contributed by atoms with Crippen LogP contribution >= 0.6 is 11.3 Å². The summed E-state index contributed by atoms with van der Waals surface area (Å²) in [4.78, 5) is 4.47. The average Bonchev–Trinajstić information content (AvgIpc) is 2.93. The molecule has 1 atom stereocenters. The number of pyridine rings is 1. The molecule has 2 rings (SSSR count). The van der Waals surface area contributed by atoms with Crippen molar-refractivity contribution in [3.63, 3.8) is 0 Å². The third-order valence-electron chi connectivity index (χ3n) is 3.56. The Morgan fingerprint density at radius 1 is 1.38 bits per heavy atom. The largest absolute Gasteiger partial charge is 0.310 e. The molecule has 2 heterocycles. The van der Waals surface area contributed by atoms with Crippen molar-refractivity contribution in [2.24, 2.45) is 0 Å². The minimum Gasteiger partial charge on any atom is -0.310 e. The SMILES string of the molecule is CCNC(CCCS(=O)(=O)CC)c1cnc2ccsc2c1. The van der Waals surface area contributed by atoms with E-state index in [0.717, 1.165) is 24.0 Å². The zero-order valence-corrected chi connectivity index (χ0v) is 14.1. The van der Waals surface area contributed by atoms with Gasteiger partial charge in [0.1, 0.15) is 9.84 Å². The minimum atomic E-state index is -2.88. The minimum absolute atomic E-state index is 0.168. The molecule has 0 aromatic carbocycles. The van der Waals surface area contributed by atoms with Crippen LogP contribution in [0.15, 0.2) is 23.7 Å². The van der Waals surface area contributed by atoms with Crippen molar-refractivity contribution in [2.75, 3.05) is 18.1 Å². The predicted molar refractivity (Wildman–Crippen MR) is 89.6 cm³/mol. The van der Waals surface area contributed by atoms with Crippen LogP contribution in [0.1, 0.15) is 38.3 Å². The summed E-state index contributed by atoms with van der Waals surface area (Å²) in [6, 6.07) is 4.34. The highest BCUT2D eigenvalue weighted by Gasteiger charge is 2.14. The van der Waals surface area contributed by atoms with Gasteiger partial charge in [-0.05, 0) is 42.5 Å². The van der Waals surface area contributed by atoms with Gasteiger partial charge in [0.05, 0.1) is 16.0 Å². The van der Waals surface area contributed by atoms with E-state index < -0.39 is 9.84 Å². The number of aromatic nitrogens is 1. The van der Waals surface area contributed by atoms with E-state index in [1.807, 2.05) is 17.6 Å². The molecule has 2 aromatic heterocycles. The Balaban J connectivity index is 2.07. The van der Waals surface area contributed by atoms with Gasteiger partial charge >= 0.3 is 0 Å². The van der Waals surface area contributed by atoms with E-state index in [1.165, 1.54) is 4.70 Å². The summed E-state index contributed by atoms with van der Waals surface area (Å²) in [6.07, 6.45) is 3.39. The molecule has 0 bridgehead atoms.